The van der Waals surface area contributed by atoms with Gasteiger partial charge in [-0.3, -0.25) is 9.21 Å². The van der Waals surface area contributed by atoms with E-state index >= 15 is 0 Å². The molecule has 2 aromatic carbocycles. The number of rotatable bonds is 3. The van der Waals surface area contributed by atoms with Crippen LogP contribution in [0.25, 0.3) is 0 Å². The van der Waals surface area contributed by atoms with Crippen molar-refractivity contribution in [3.63, 3.8) is 0 Å². The number of hydrogen-bond donors (Lipinski definition) is 0. The van der Waals surface area contributed by atoms with Gasteiger partial charge < -0.3 is 4.74 Å². The molecule has 2 aromatic rings. The van der Waals surface area contributed by atoms with E-state index in [0.717, 1.165) is 21.9 Å². The number of benzene rings is 2. The molecule has 0 N–H and O–H groups in total. The van der Waals surface area contributed by atoms with Gasteiger partial charge in [0.15, 0.2) is 0 Å². The van der Waals surface area contributed by atoms with Crippen molar-refractivity contribution >= 4 is 35.3 Å². The van der Waals surface area contributed by atoms with Gasteiger partial charge in [-0.2, -0.15) is 0 Å². The summed E-state index contributed by atoms with van der Waals surface area (Å²) in [4.78, 5) is 15.2. The molecule has 0 saturated heterocycles. The van der Waals surface area contributed by atoms with E-state index in [-0.39, 0.29) is 6.03 Å². The van der Waals surface area contributed by atoms with Crippen LogP contribution in [0, 0.1) is 0 Å². The summed E-state index contributed by atoms with van der Waals surface area (Å²) in [5.41, 5.74) is 1.90. The van der Waals surface area contributed by atoms with Crippen molar-refractivity contribution in [2.75, 3.05) is 19.1 Å². The zero-order chi connectivity index (χ0) is 15.7. The highest BCUT2D eigenvalue weighted by Gasteiger charge is 2.29. The molecule has 4 nitrogen and oxygen atoms in total. The fraction of sp³-hybridized carbons (Fsp3) is 0.188. The van der Waals surface area contributed by atoms with E-state index in [4.69, 9.17) is 16.3 Å². The largest absolute Gasteiger partial charge is 0.497 e. The topological polar surface area (TPSA) is 32.8 Å². The van der Waals surface area contributed by atoms with Crippen molar-refractivity contribution in [3.05, 3.63) is 53.1 Å². The number of fused-ring (bicyclic) bond motifs is 1. The molecule has 0 aromatic heterocycles. The average molecular weight is 335 g/mol. The monoisotopic (exact) mass is 334 g/mol. The molecule has 0 saturated carbocycles. The molecule has 1 aliphatic rings. The maximum absolute atomic E-state index is 12.5. The molecule has 0 aliphatic carbocycles. The molecular weight excluding hydrogens is 320 g/mol. The summed E-state index contributed by atoms with van der Waals surface area (Å²) in [5.74, 6) is 0.741. The summed E-state index contributed by atoms with van der Waals surface area (Å²) < 4.78 is 6.96. The third kappa shape index (κ3) is 2.87. The normalized spacial score (nSPS) is 14.0. The number of nitrogens with zero attached hydrogens (tertiary/aromatic N) is 2. The fourth-order valence-corrected chi connectivity index (χ4v) is 3.44. The average Bonchev–Trinajstić information content (AvgIpc) is 2.54. The quantitative estimate of drug-likeness (QED) is 0.778. The van der Waals surface area contributed by atoms with E-state index in [0.29, 0.717) is 11.6 Å². The van der Waals surface area contributed by atoms with E-state index in [9.17, 15) is 4.79 Å². The molecule has 0 unspecified atom stereocenters. The number of amides is 2. The SMILES string of the molecule is COc1ccc2c(c1)N(C)C(=O)N(Cc1ccc(Cl)cc1)S2. The van der Waals surface area contributed by atoms with Gasteiger partial charge in [0.25, 0.3) is 0 Å². The van der Waals surface area contributed by atoms with Crippen molar-refractivity contribution in [1.29, 1.82) is 0 Å². The van der Waals surface area contributed by atoms with E-state index < -0.39 is 0 Å². The smallest absolute Gasteiger partial charge is 0.334 e. The van der Waals surface area contributed by atoms with E-state index in [2.05, 4.69) is 0 Å². The minimum absolute atomic E-state index is 0.0549. The summed E-state index contributed by atoms with van der Waals surface area (Å²) >= 11 is 7.34. The molecule has 3 rings (SSSR count). The Bertz CT molecular complexity index is 706. The summed E-state index contributed by atoms with van der Waals surface area (Å²) in [6.45, 7) is 0.524. The Balaban J connectivity index is 1.85. The first-order valence-electron chi connectivity index (χ1n) is 6.74. The van der Waals surface area contributed by atoms with Crippen LogP contribution >= 0.6 is 23.5 Å². The Hall–Kier alpha value is -1.85. The first-order valence-corrected chi connectivity index (χ1v) is 7.89. The molecule has 0 spiro atoms. The van der Waals surface area contributed by atoms with Crippen LogP contribution in [-0.4, -0.2) is 24.5 Å². The molecular formula is C16H15ClN2O2S. The van der Waals surface area contributed by atoms with Gasteiger partial charge >= 0.3 is 6.03 Å². The number of ether oxygens (including phenoxy) is 1. The zero-order valence-electron chi connectivity index (χ0n) is 12.2. The number of urea groups is 1. The Morgan fingerprint density at radius 1 is 1.18 bits per heavy atom. The van der Waals surface area contributed by atoms with Gasteiger partial charge in [-0.15, -0.1) is 0 Å². The number of methoxy groups -OCH3 is 1. The Morgan fingerprint density at radius 2 is 1.91 bits per heavy atom. The predicted octanol–water partition coefficient (Wildman–Crippen LogP) is 4.43. The van der Waals surface area contributed by atoms with Gasteiger partial charge in [-0.25, -0.2) is 4.79 Å². The first-order chi connectivity index (χ1) is 10.6. The van der Waals surface area contributed by atoms with Gasteiger partial charge in [-0.05, 0) is 41.8 Å². The van der Waals surface area contributed by atoms with Crippen LogP contribution in [0.1, 0.15) is 5.56 Å². The van der Waals surface area contributed by atoms with Crippen LogP contribution in [0.2, 0.25) is 5.02 Å². The fourth-order valence-electron chi connectivity index (χ4n) is 2.25. The van der Waals surface area contributed by atoms with Crippen molar-refractivity contribution in [2.24, 2.45) is 0 Å². The number of halogens is 1. The highest BCUT2D eigenvalue weighted by molar-refractivity contribution is 7.97. The highest BCUT2D eigenvalue weighted by atomic mass is 35.5. The number of hydrogen-bond acceptors (Lipinski definition) is 3. The number of carbonyl (C=O) groups is 1. The molecule has 2 amide bonds. The standard InChI is InChI=1S/C16H15ClN2O2S/c1-18-14-9-13(21-2)7-8-15(14)22-19(16(18)20)10-11-3-5-12(17)6-4-11/h3-9H,10H2,1-2H3. The maximum Gasteiger partial charge on any atom is 0.334 e. The molecule has 0 bridgehead atoms. The number of anilines is 1. The lowest BCUT2D eigenvalue weighted by atomic mass is 10.2. The molecule has 22 heavy (non-hydrogen) atoms. The molecule has 6 heteroatoms. The summed E-state index contributed by atoms with van der Waals surface area (Å²) in [6, 6.07) is 13.2. The zero-order valence-corrected chi connectivity index (χ0v) is 13.8. The van der Waals surface area contributed by atoms with Crippen LogP contribution in [0.4, 0.5) is 10.5 Å². The molecule has 1 aliphatic heterocycles. The van der Waals surface area contributed by atoms with Gasteiger partial charge in [0.1, 0.15) is 5.75 Å². The second kappa shape index (κ2) is 6.10. The van der Waals surface area contributed by atoms with Crippen molar-refractivity contribution < 1.29 is 9.53 Å². The van der Waals surface area contributed by atoms with Crippen LogP contribution in [0.3, 0.4) is 0 Å². The third-order valence-electron chi connectivity index (χ3n) is 3.48. The number of carbonyl (C=O) groups excluding carboxylic acids is 1. The van der Waals surface area contributed by atoms with Gasteiger partial charge in [0, 0.05) is 18.1 Å². The molecule has 114 valence electrons. The maximum atomic E-state index is 12.5. The lowest BCUT2D eigenvalue weighted by molar-refractivity contribution is 0.231. The van der Waals surface area contributed by atoms with Crippen molar-refractivity contribution in [2.45, 2.75) is 11.4 Å². The Labute approximate surface area is 138 Å². The van der Waals surface area contributed by atoms with E-state index in [1.165, 1.54) is 11.9 Å². The van der Waals surface area contributed by atoms with Crippen LogP contribution < -0.4 is 9.64 Å². The van der Waals surface area contributed by atoms with Gasteiger partial charge in [0.2, 0.25) is 0 Å². The van der Waals surface area contributed by atoms with E-state index in [1.807, 2.05) is 42.5 Å². The van der Waals surface area contributed by atoms with Crippen LogP contribution in [0.5, 0.6) is 5.75 Å². The van der Waals surface area contributed by atoms with E-state index in [1.54, 1.807) is 23.4 Å². The second-order valence-electron chi connectivity index (χ2n) is 4.93. The predicted molar refractivity (Wildman–Crippen MR) is 89.6 cm³/mol. The van der Waals surface area contributed by atoms with Gasteiger partial charge in [0.05, 0.1) is 24.2 Å². The molecule has 0 fully saturated rings. The molecule has 1 heterocycles. The van der Waals surface area contributed by atoms with Crippen molar-refractivity contribution in [3.8, 4) is 5.75 Å². The lowest BCUT2D eigenvalue weighted by Crippen LogP contribution is -2.40. The lowest BCUT2D eigenvalue weighted by Gasteiger charge is -2.33. The minimum Gasteiger partial charge on any atom is -0.497 e. The summed E-state index contributed by atoms with van der Waals surface area (Å²) in [7, 11) is 3.39. The second-order valence-corrected chi connectivity index (χ2v) is 6.43. The van der Waals surface area contributed by atoms with Gasteiger partial charge in [-0.1, -0.05) is 23.7 Å². The summed E-state index contributed by atoms with van der Waals surface area (Å²) in [6.07, 6.45) is 0. The molecule has 0 atom stereocenters. The van der Waals surface area contributed by atoms with Crippen molar-refractivity contribution in [1.82, 2.24) is 4.31 Å². The Kier molecular flexibility index (Phi) is 4.18. The third-order valence-corrected chi connectivity index (χ3v) is 4.78. The van der Waals surface area contributed by atoms with Crippen LogP contribution in [0.15, 0.2) is 47.4 Å². The highest BCUT2D eigenvalue weighted by Crippen LogP contribution is 2.40. The Morgan fingerprint density at radius 3 is 2.59 bits per heavy atom. The molecule has 0 radical (unpaired) electrons. The van der Waals surface area contributed by atoms with Crippen LogP contribution in [-0.2, 0) is 6.54 Å². The minimum atomic E-state index is -0.0549. The summed E-state index contributed by atoms with van der Waals surface area (Å²) in [5, 5.41) is 0.691. The first kappa shape index (κ1) is 15.1.